The Morgan fingerprint density at radius 2 is 2.00 bits per heavy atom. The lowest BCUT2D eigenvalue weighted by Crippen LogP contribution is -2.32. The Balaban J connectivity index is 2.50. The molecule has 0 saturated heterocycles. The van der Waals surface area contributed by atoms with Crippen molar-refractivity contribution < 1.29 is 4.39 Å². The lowest BCUT2D eigenvalue weighted by Gasteiger charge is -2.17. The Morgan fingerprint density at radius 3 is 2.50 bits per heavy atom. The molecule has 0 aliphatic heterocycles. The van der Waals surface area contributed by atoms with E-state index >= 15 is 0 Å². The number of benzene rings is 1. The fourth-order valence-electron chi connectivity index (χ4n) is 1.44. The fourth-order valence-corrected chi connectivity index (χ4v) is 1.44. The van der Waals surface area contributed by atoms with E-state index < -0.39 is 0 Å². The molecule has 0 aliphatic carbocycles. The van der Waals surface area contributed by atoms with E-state index in [-0.39, 0.29) is 11.9 Å². The van der Waals surface area contributed by atoms with Crippen molar-refractivity contribution in [2.45, 2.75) is 32.9 Å². The summed E-state index contributed by atoms with van der Waals surface area (Å²) in [5.41, 5.74) is 0.991. The van der Waals surface area contributed by atoms with Gasteiger partial charge in [-0.2, -0.15) is 5.26 Å². The highest BCUT2D eigenvalue weighted by atomic mass is 19.1. The summed E-state index contributed by atoms with van der Waals surface area (Å²) in [5, 5.41) is 12.1. The first-order valence-electron chi connectivity index (χ1n) is 5.54. The molecular weight excluding hydrogens is 203 g/mol. The van der Waals surface area contributed by atoms with E-state index in [2.05, 4.69) is 18.3 Å². The summed E-state index contributed by atoms with van der Waals surface area (Å²) < 4.78 is 12.7. The minimum Gasteiger partial charge on any atom is -0.298 e. The van der Waals surface area contributed by atoms with Crippen LogP contribution in [-0.2, 0) is 6.54 Å². The number of nitriles is 1. The maximum Gasteiger partial charge on any atom is 0.123 e. The SMILES string of the molecule is CCC(C)C(C#N)NCc1ccc(F)cc1. The second-order valence-corrected chi connectivity index (χ2v) is 4.00. The van der Waals surface area contributed by atoms with E-state index in [9.17, 15) is 4.39 Å². The van der Waals surface area contributed by atoms with Crippen LogP contribution in [0.5, 0.6) is 0 Å². The molecule has 0 amide bonds. The van der Waals surface area contributed by atoms with Crippen molar-refractivity contribution in [2.24, 2.45) is 5.92 Å². The van der Waals surface area contributed by atoms with Crippen molar-refractivity contribution in [3.63, 3.8) is 0 Å². The zero-order chi connectivity index (χ0) is 12.0. The summed E-state index contributed by atoms with van der Waals surface area (Å²) in [6.45, 7) is 4.71. The van der Waals surface area contributed by atoms with Crippen molar-refractivity contribution in [1.82, 2.24) is 5.32 Å². The van der Waals surface area contributed by atoms with Gasteiger partial charge in [0.15, 0.2) is 0 Å². The van der Waals surface area contributed by atoms with Crippen LogP contribution >= 0.6 is 0 Å². The van der Waals surface area contributed by atoms with Gasteiger partial charge in [-0.15, -0.1) is 0 Å². The zero-order valence-electron chi connectivity index (χ0n) is 9.70. The van der Waals surface area contributed by atoms with Crippen LogP contribution in [0.4, 0.5) is 4.39 Å². The van der Waals surface area contributed by atoms with Gasteiger partial charge in [-0.1, -0.05) is 32.4 Å². The van der Waals surface area contributed by atoms with Crippen molar-refractivity contribution in [3.8, 4) is 6.07 Å². The molecule has 0 spiro atoms. The Hall–Kier alpha value is -1.40. The van der Waals surface area contributed by atoms with Gasteiger partial charge in [0.25, 0.3) is 0 Å². The molecule has 86 valence electrons. The second kappa shape index (κ2) is 6.24. The topological polar surface area (TPSA) is 35.8 Å². The zero-order valence-corrected chi connectivity index (χ0v) is 9.70. The number of hydrogen-bond donors (Lipinski definition) is 1. The number of nitrogens with zero attached hydrogens (tertiary/aromatic N) is 1. The highest BCUT2D eigenvalue weighted by Crippen LogP contribution is 2.08. The summed E-state index contributed by atoms with van der Waals surface area (Å²) in [6, 6.07) is 8.43. The second-order valence-electron chi connectivity index (χ2n) is 4.00. The van der Waals surface area contributed by atoms with E-state index in [1.54, 1.807) is 12.1 Å². The van der Waals surface area contributed by atoms with Gasteiger partial charge in [-0.05, 0) is 23.6 Å². The van der Waals surface area contributed by atoms with E-state index in [0.717, 1.165) is 12.0 Å². The van der Waals surface area contributed by atoms with Crippen LogP contribution in [0, 0.1) is 23.1 Å². The van der Waals surface area contributed by atoms with Gasteiger partial charge in [0.1, 0.15) is 5.82 Å². The third-order valence-corrected chi connectivity index (χ3v) is 2.79. The molecule has 3 heteroatoms. The Kier molecular flexibility index (Phi) is 4.94. The van der Waals surface area contributed by atoms with Gasteiger partial charge in [-0.25, -0.2) is 4.39 Å². The summed E-state index contributed by atoms with van der Waals surface area (Å²) in [5.74, 6) is 0.0907. The first-order valence-corrected chi connectivity index (χ1v) is 5.54. The Bertz CT molecular complexity index is 353. The summed E-state index contributed by atoms with van der Waals surface area (Å²) in [4.78, 5) is 0. The smallest absolute Gasteiger partial charge is 0.123 e. The van der Waals surface area contributed by atoms with Crippen molar-refractivity contribution in [2.75, 3.05) is 0 Å². The van der Waals surface area contributed by atoms with Crippen molar-refractivity contribution in [1.29, 1.82) is 5.26 Å². The van der Waals surface area contributed by atoms with Crippen LogP contribution in [0.2, 0.25) is 0 Å². The lowest BCUT2D eigenvalue weighted by atomic mass is 10.0. The quantitative estimate of drug-likeness (QED) is 0.828. The highest BCUT2D eigenvalue weighted by Gasteiger charge is 2.13. The molecule has 1 aromatic rings. The molecule has 0 bridgehead atoms. The Labute approximate surface area is 96.1 Å². The van der Waals surface area contributed by atoms with Crippen LogP contribution in [0.25, 0.3) is 0 Å². The average molecular weight is 220 g/mol. The first-order chi connectivity index (χ1) is 7.67. The molecule has 16 heavy (non-hydrogen) atoms. The summed E-state index contributed by atoms with van der Waals surface area (Å²) in [6.07, 6.45) is 0.967. The van der Waals surface area contributed by atoms with Crippen molar-refractivity contribution in [3.05, 3.63) is 35.6 Å². The van der Waals surface area contributed by atoms with Gasteiger partial charge < -0.3 is 0 Å². The number of hydrogen-bond acceptors (Lipinski definition) is 2. The molecule has 0 fully saturated rings. The third kappa shape index (κ3) is 3.63. The molecular formula is C13H17FN2. The van der Waals surface area contributed by atoms with Crippen LogP contribution in [0.1, 0.15) is 25.8 Å². The van der Waals surface area contributed by atoms with Gasteiger partial charge in [0, 0.05) is 6.54 Å². The van der Waals surface area contributed by atoms with Crippen LogP contribution in [0.3, 0.4) is 0 Å². The normalized spacial score (nSPS) is 14.1. The van der Waals surface area contributed by atoms with Gasteiger partial charge in [0.2, 0.25) is 0 Å². The average Bonchev–Trinajstić information content (AvgIpc) is 2.31. The standard InChI is InChI=1S/C13H17FN2/c1-3-10(2)13(8-15)16-9-11-4-6-12(14)7-5-11/h4-7,10,13,16H,3,9H2,1-2H3. The van der Waals surface area contributed by atoms with Crippen LogP contribution in [0.15, 0.2) is 24.3 Å². The van der Waals surface area contributed by atoms with E-state index in [1.165, 1.54) is 12.1 Å². The number of halogens is 1. The maximum absolute atomic E-state index is 12.7. The van der Waals surface area contributed by atoms with Crippen LogP contribution < -0.4 is 5.32 Å². The minimum absolute atomic E-state index is 0.143. The fraction of sp³-hybridized carbons (Fsp3) is 0.462. The summed E-state index contributed by atoms with van der Waals surface area (Å²) >= 11 is 0. The van der Waals surface area contributed by atoms with Gasteiger partial charge in [-0.3, -0.25) is 5.32 Å². The van der Waals surface area contributed by atoms with Gasteiger partial charge >= 0.3 is 0 Å². The van der Waals surface area contributed by atoms with Crippen LogP contribution in [-0.4, -0.2) is 6.04 Å². The molecule has 0 aromatic heterocycles. The van der Waals surface area contributed by atoms with E-state index in [4.69, 9.17) is 5.26 Å². The molecule has 2 nitrogen and oxygen atoms in total. The van der Waals surface area contributed by atoms with E-state index in [0.29, 0.717) is 12.5 Å². The molecule has 2 atom stereocenters. The largest absolute Gasteiger partial charge is 0.298 e. The van der Waals surface area contributed by atoms with Gasteiger partial charge in [0.05, 0.1) is 12.1 Å². The summed E-state index contributed by atoms with van der Waals surface area (Å²) in [7, 11) is 0. The molecule has 1 aromatic carbocycles. The molecule has 1 N–H and O–H groups in total. The minimum atomic E-state index is -0.234. The predicted octanol–water partition coefficient (Wildman–Crippen LogP) is 2.85. The highest BCUT2D eigenvalue weighted by molar-refractivity contribution is 5.16. The molecule has 1 rings (SSSR count). The lowest BCUT2D eigenvalue weighted by molar-refractivity contribution is 0.429. The Morgan fingerprint density at radius 1 is 1.38 bits per heavy atom. The molecule has 0 heterocycles. The third-order valence-electron chi connectivity index (χ3n) is 2.79. The number of nitrogens with one attached hydrogen (secondary N) is 1. The molecule has 0 saturated carbocycles. The molecule has 0 aliphatic rings. The molecule has 2 unspecified atom stereocenters. The number of rotatable bonds is 5. The van der Waals surface area contributed by atoms with E-state index in [1.807, 2.05) is 6.92 Å². The first kappa shape index (κ1) is 12.7. The maximum atomic E-state index is 12.7. The monoisotopic (exact) mass is 220 g/mol. The molecule has 0 radical (unpaired) electrons. The van der Waals surface area contributed by atoms with Crippen molar-refractivity contribution >= 4 is 0 Å². The predicted molar refractivity (Wildman–Crippen MR) is 62.1 cm³/mol.